The molecular formula is C14H16FNO2S. The molecule has 5 heteroatoms. The zero-order valence-corrected chi connectivity index (χ0v) is 11.7. The van der Waals surface area contributed by atoms with Crippen LogP contribution < -0.4 is 5.32 Å². The van der Waals surface area contributed by atoms with Gasteiger partial charge in [0.25, 0.3) is 5.91 Å². The van der Waals surface area contributed by atoms with E-state index in [0.29, 0.717) is 11.3 Å². The Hall–Kier alpha value is -1.46. The first-order valence-corrected chi connectivity index (χ1v) is 6.91. The molecule has 1 heterocycles. The van der Waals surface area contributed by atoms with E-state index in [1.165, 1.54) is 23.5 Å². The van der Waals surface area contributed by atoms with E-state index in [1.54, 1.807) is 19.1 Å². The second kappa shape index (κ2) is 5.27. The van der Waals surface area contributed by atoms with Gasteiger partial charge in [-0.15, -0.1) is 11.3 Å². The Balaban J connectivity index is 2.27. The Kier molecular flexibility index (Phi) is 3.87. The number of carbonyl (C=O) groups excluding carboxylic acids is 1. The zero-order valence-electron chi connectivity index (χ0n) is 10.9. The largest absolute Gasteiger partial charge is 0.394 e. The van der Waals surface area contributed by atoms with Gasteiger partial charge in [0.05, 0.1) is 17.0 Å². The number of amides is 1. The van der Waals surface area contributed by atoms with E-state index in [4.69, 9.17) is 0 Å². The molecule has 1 amide bonds. The summed E-state index contributed by atoms with van der Waals surface area (Å²) in [6, 6.07) is 6.19. The highest BCUT2D eigenvalue weighted by molar-refractivity contribution is 7.20. The highest BCUT2D eigenvalue weighted by Crippen LogP contribution is 2.26. The predicted molar refractivity (Wildman–Crippen MR) is 75.0 cm³/mol. The van der Waals surface area contributed by atoms with E-state index in [0.717, 1.165) is 10.1 Å². The number of carbonyl (C=O) groups is 1. The van der Waals surface area contributed by atoms with Crippen molar-refractivity contribution >= 4 is 27.3 Å². The van der Waals surface area contributed by atoms with Crippen molar-refractivity contribution < 1.29 is 14.3 Å². The van der Waals surface area contributed by atoms with Gasteiger partial charge in [-0.1, -0.05) is 13.0 Å². The Morgan fingerprint density at radius 3 is 2.84 bits per heavy atom. The zero-order chi connectivity index (χ0) is 14.0. The molecule has 0 fully saturated rings. The first-order chi connectivity index (χ1) is 8.97. The standard InChI is InChI=1S/C14H16FNO2S/c1-3-14(2,8-17)16-13(18)12-6-9-4-5-10(15)7-11(9)19-12/h4-7,17H,3,8H2,1-2H3,(H,16,18). The average molecular weight is 281 g/mol. The Morgan fingerprint density at radius 1 is 1.47 bits per heavy atom. The summed E-state index contributed by atoms with van der Waals surface area (Å²) in [4.78, 5) is 12.6. The molecule has 2 aromatic rings. The number of hydrogen-bond acceptors (Lipinski definition) is 3. The first kappa shape index (κ1) is 14.0. The van der Waals surface area contributed by atoms with Gasteiger partial charge in [-0.2, -0.15) is 0 Å². The molecular weight excluding hydrogens is 265 g/mol. The molecule has 2 N–H and O–H groups in total. The fourth-order valence-corrected chi connectivity index (χ4v) is 2.68. The van der Waals surface area contributed by atoms with Crippen LogP contribution in [0.3, 0.4) is 0 Å². The topological polar surface area (TPSA) is 49.3 Å². The Labute approximate surface area is 115 Å². The minimum atomic E-state index is -0.626. The van der Waals surface area contributed by atoms with Gasteiger partial charge in [-0.25, -0.2) is 4.39 Å². The molecule has 0 aliphatic heterocycles. The van der Waals surface area contributed by atoms with E-state index in [-0.39, 0.29) is 18.3 Å². The van der Waals surface area contributed by atoms with E-state index in [2.05, 4.69) is 5.32 Å². The molecule has 3 nitrogen and oxygen atoms in total. The Bertz CT molecular complexity index is 605. The summed E-state index contributed by atoms with van der Waals surface area (Å²) in [5, 5.41) is 13.0. The normalized spacial score (nSPS) is 14.3. The lowest BCUT2D eigenvalue weighted by Gasteiger charge is -2.26. The molecule has 19 heavy (non-hydrogen) atoms. The van der Waals surface area contributed by atoms with E-state index >= 15 is 0 Å². The summed E-state index contributed by atoms with van der Waals surface area (Å²) in [5.74, 6) is -0.546. The van der Waals surface area contributed by atoms with E-state index in [9.17, 15) is 14.3 Å². The maximum Gasteiger partial charge on any atom is 0.261 e. The number of hydrogen-bond donors (Lipinski definition) is 2. The molecule has 0 saturated carbocycles. The summed E-state index contributed by atoms with van der Waals surface area (Å²) in [7, 11) is 0. The molecule has 0 spiro atoms. The summed E-state index contributed by atoms with van der Waals surface area (Å²) in [6.45, 7) is 3.57. The molecule has 102 valence electrons. The van der Waals surface area contributed by atoms with Gasteiger partial charge in [0.15, 0.2) is 0 Å². The van der Waals surface area contributed by atoms with E-state index < -0.39 is 5.54 Å². The number of nitrogens with one attached hydrogen (secondary N) is 1. The van der Waals surface area contributed by atoms with Gasteiger partial charge in [-0.05, 0) is 36.9 Å². The van der Waals surface area contributed by atoms with Crippen LogP contribution in [0.4, 0.5) is 4.39 Å². The average Bonchev–Trinajstić information content (AvgIpc) is 2.81. The summed E-state index contributed by atoms with van der Waals surface area (Å²) in [5.41, 5.74) is -0.626. The van der Waals surface area contributed by atoms with Gasteiger partial charge in [0.1, 0.15) is 5.82 Å². The smallest absolute Gasteiger partial charge is 0.261 e. The molecule has 1 aromatic carbocycles. The molecule has 0 aliphatic rings. The number of benzene rings is 1. The fourth-order valence-electron chi connectivity index (χ4n) is 1.69. The van der Waals surface area contributed by atoms with Gasteiger partial charge >= 0.3 is 0 Å². The Morgan fingerprint density at radius 2 is 2.21 bits per heavy atom. The van der Waals surface area contributed by atoms with Crippen molar-refractivity contribution in [3.8, 4) is 0 Å². The molecule has 1 unspecified atom stereocenters. The van der Waals surface area contributed by atoms with Crippen molar-refractivity contribution in [2.75, 3.05) is 6.61 Å². The van der Waals surface area contributed by atoms with Crippen LogP contribution in [0.5, 0.6) is 0 Å². The third-order valence-electron chi connectivity index (χ3n) is 3.25. The molecule has 2 rings (SSSR count). The van der Waals surface area contributed by atoms with Crippen LogP contribution in [0, 0.1) is 5.82 Å². The molecule has 0 saturated heterocycles. The summed E-state index contributed by atoms with van der Waals surface area (Å²) < 4.78 is 13.8. The van der Waals surface area contributed by atoms with Crippen LogP contribution in [-0.2, 0) is 0 Å². The van der Waals surface area contributed by atoms with E-state index in [1.807, 2.05) is 6.92 Å². The van der Waals surface area contributed by atoms with Crippen LogP contribution in [0.15, 0.2) is 24.3 Å². The van der Waals surface area contributed by atoms with Gasteiger partial charge in [0, 0.05) is 4.70 Å². The lowest BCUT2D eigenvalue weighted by molar-refractivity contribution is 0.0851. The third-order valence-corrected chi connectivity index (χ3v) is 4.35. The number of rotatable bonds is 4. The van der Waals surface area contributed by atoms with Crippen molar-refractivity contribution in [2.45, 2.75) is 25.8 Å². The van der Waals surface area contributed by atoms with Crippen LogP contribution in [-0.4, -0.2) is 23.2 Å². The van der Waals surface area contributed by atoms with Crippen molar-refractivity contribution in [3.05, 3.63) is 35.0 Å². The monoisotopic (exact) mass is 281 g/mol. The minimum absolute atomic E-state index is 0.116. The first-order valence-electron chi connectivity index (χ1n) is 6.10. The quantitative estimate of drug-likeness (QED) is 0.905. The fraction of sp³-hybridized carbons (Fsp3) is 0.357. The van der Waals surface area contributed by atoms with Crippen molar-refractivity contribution in [2.24, 2.45) is 0 Å². The SMILES string of the molecule is CCC(C)(CO)NC(=O)c1cc2ccc(F)cc2s1. The number of halogens is 1. The number of fused-ring (bicyclic) bond motifs is 1. The maximum atomic E-state index is 13.1. The number of aliphatic hydroxyl groups is 1. The molecule has 1 aromatic heterocycles. The second-order valence-corrected chi connectivity index (χ2v) is 5.90. The maximum absolute atomic E-state index is 13.1. The number of aliphatic hydroxyl groups excluding tert-OH is 1. The van der Waals surface area contributed by atoms with Crippen LogP contribution in [0.1, 0.15) is 29.9 Å². The van der Waals surface area contributed by atoms with Crippen molar-refractivity contribution in [3.63, 3.8) is 0 Å². The van der Waals surface area contributed by atoms with Crippen LogP contribution in [0.25, 0.3) is 10.1 Å². The lowest BCUT2D eigenvalue weighted by atomic mass is 10.0. The van der Waals surface area contributed by atoms with Crippen molar-refractivity contribution in [1.29, 1.82) is 0 Å². The summed E-state index contributed by atoms with van der Waals surface area (Å²) in [6.07, 6.45) is 0.634. The van der Waals surface area contributed by atoms with Gasteiger partial charge in [-0.3, -0.25) is 4.79 Å². The summed E-state index contributed by atoms with van der Waals surface area (Å²) >= 11 is 1.25. The predicted octanol–water partition coefficient (Wildman–Crippen LogP) is 2.93. The molecule has 0 radical (unpaired) electrons. The molecule has 0 bridgehead atoms. The molecule has 0 aliphatic carbocycles. The highest BCUT2D eigenvalue weighted by Gasteiger charge is 2.24. The third kappa shape index (κ3) is 2.93. The minimum Gasteiger partial charge on any atom is -0.394 e. The second-order valence-electron chi connectivity index (χ2n) is 4.82. The molecule has 1 atom stereocenters. The van der Waals surface area contributed by atoms with Gasteiger partial charge in [0.2, 0.25) is 0 Å². The van der Waals surface area contributed by atoms with Crippen LogP contribution >= 0.6 is 11.3 Å². The highest BCUT2D eigenvalue weighted by atomic mass is 32.1. The lowest BCUT2D eigenvalue weighted by Crippen LogP contribution is -2.48. The van der Waals surface area contributed by atoms with Gasteiger partial charge < -0.3 is 10.4 Å². The van der Waals surface area contributed by atoms with Crippen LogP contribution in [0.2, 0.25) is 0 Å². The number of thiophene rings is 1. The van der Waals surface area contributed by atoms with Crippen molar-refractivity contribution in [1.82, 2.24) is 5.32 Å².